The van der Waals surface area contributed by atoms with Crippen LogP contribution in [0.1, 0.15) is 12.8 Å². The number of halogens is 3. The van der Waals surface area contributed by atoms with Gasteiger partial charge in [0.1, 0.15) is 0 Å². The molecule has 1 saturated heterocycles. The van der Waals surface area contributed by atoms with Crippen LogP contribution in [0.5, 0.6) is 5.75 Å². The average Bonchev–Trinajstić information content (AvgIpc) is 2.32. The molecule has 2 N–H and O–H groups in total. The van der Waals surface area contributed by atoms with Gasteiger partial charge < -0.3 is 15.4 Å². The molecule has 0 unspecified atom stereocenters. The fourth-order valence-electron chi connectivity index (χ4n) is 1.70. The second-order valence-electron chi connectivity index (χ2n) is 3.79. The first-order valence-corrected chi connectivity index (χ1v) is 5.48. The first-order chi connectivity index (χ1) is 8.24. The van der Waals surface area contributed by atoms with E-state index in [2.05, 4.69) is 25.3 Å². The van der Waals surface area contributed by atoms with Gasteiger partial charge >= 0.3 is 6.61 Å². The van der Waals surface area contributed by atoms with E-state index >= 15 is 0 Å². The minimum absolute atomic E-state index is 0. The Morgan fingerprint density at radius 1 is 1.28 bits per heavy atom. The summed E-state index contributed by atoms with van der Waals surface area (Å²) in [6.07, 6.45) is 4.47. The van der Waals surface area contributed by atoms with Gasteiger partial charge in [0.15, 0.2) is 5.75 Å². The number of anilines is 1. The Labute approximate surface area is 110 Å². The third-order valence-corrected chi connectivity index (χ3v) is 2.53. The van der Waals surface area contributed by atoms with Crippen molar-refractivity contribution in [2.45, 2.75) is 25.5 Å². The Balaban J connectivity index is 0.00000162. The Morgan fingerprint density at radius 3 is 2.44 bits per heavy atom. The number of piperidine rings is 1. The Morgan fingerprint density at radius 2 is 1.89 bits per heavy atom. The van der Waals surface area contributed by atoms with Gasteiger partial charge in [0.25, 0.3) is 0 Å². The maximum absolute atomic E-state index is 11.9. The van der Waals surface area contributed by atoms with E-state index < -0.39 is 6.61 Å². The fraction of sp³-hybridized carbons (Fsp3) is 0.600. The number of alkyl halides is 2. The lowest BCUT2D eigenvalue weighted by Crippen LogP contribution is -2.35. The number of hydrogen-bond donors (Lipinski definition) is 2. The predicted octanol–water partition coefficient (Wildman–Crippen LogP) is 1.66. The van der Waals surface area contributed by atoms with Crippen molar-refractivity contribution in [3.8, 4) is 5.75 Å². The molecule has 0 amide bonds. The maximum atomic E-state index is 11.9. The van der Waals surface area contributed by atoms with Gasteiger partial charge in [-0.25, -0.2) is 9.97 Å². The largest absolute Gasteiger partial charge is 0.432 e. The van der Waals surface area contributed by atoms with Crippen molar-refractivity contribution in [2.75, 3.05) is 18.4 Å². The highest BCUT2D eigenvalue weighted by Gasteiger charge is 2.13. The highest BCUT2D eigenvalue weighted by Crippen LogP contribution is 2.13. The van der Waals surface area contributed by atoms with Crippen LogP contribution >= 0.6 is 12.4 Å². The maximum Gasteiger partial charge on any atom is 0.387 e. The summed E-state index contributed by atoms with van der Waals surface area (Å²) in [6.45, 7) is -0.920. The number of hydrogen-bond acceptors (Lipinski definition) is 5. The van der Waals surface area contributed by atoms with Crippen LogP contribution in [0.4, 0.5) is 14.7 Å². The first kappa shape index (κ1) is 14.8. The van der Waals surface area contributed by atoms with Crippen molar-refractivity contribution in [1.82, 2.24) is 15.3 Å². The van der Waals surface area contributed by atoms with Gasteiger partial charge in [-0.1, -0.05) is 0 Å². The lowest BCUT2D eigenvalue weighted by atomic mass is 10.1. The first-order valence-electron chi connectivity index (χ1n) is 5.48. The second-order valence-corrected chi connectivity index (χ2v) is 3.79. The van der Waals surface area contributed by atoms with E-state index in [-0.39, 0.29) is 18.2 Å². The minimum Gasteiger partial charge on any atom is -0.432 e. The standard InChI is InChI=1S/C10H14F2N4O.ClH/c11-9(12)17-8-5-14-10(15-6-8)16-7-1-3-13-4-2-7;/h5-7,9,13H,1-4H2,(H,14,15,16);1H. The number of aromatic nitrogens is 2. The molecule has 0 bridgehead atoms. The van der Waals surface area contributed by atoms with Crippen molar-refractivity contribution >= 4 is 18.4 Å². The molecule has 18 heavy (non-hydrogen) atoms. The lowest BCUT2D eigenvalue weighted by Gasteiger charge is -2.23. The molecule has 2 rings (SSSR count). The summed E-state index contributed by atoms with van der Waals surface area (Å²) in [5.74, 6) is 0.411. The SMILES string of the molecule is Cl.FC(F)Oc1cnc(NC2CCNCC2)nc1. The van der Waals surface area contributed by atoms with E-state index in [1.54, 1.807) is 0 Å². The predicted molar refractivity (Wildman–Crippen MR) is 65.4 cm³/mol. The highest BCUT2D eigenvalue weighted by atomic mass is 35.5. The molecule has 0 spiro atoms. The normalized spacial score (nSPS) is 16.2. The average molecular weight is 281 g/mol. The molecular weight excluding hydrogens is 266 g/mol. The van der Waals surface area contributed by atoms with E-state index in [0.29, 0.717) is 12.0 Å². The Kier molecular flexibility index (Phi) is 6.00. The summed E-state index contributed by atoms with van der Waals surface area (Å²) in [6, 6.07) is 0.332. The number of ether oxygens (including phenoxy) is 1. The molecule has 0 aliphatic carbocycles. The smallest absolute Gasteiger partial charge is 0.387 e. The molecule has 0 radical (unpaired) electrons. The lowest BCUT2D eigenvalue weighted by molar-refractivity contribution is -0.0503. The summed E-state index contributed by atoms with van der Waals surface area (Å²) in [5.41, 5.74) is 0. The van der Waals surface area contributed by atoms with Crippen LogP contribution in [-0.2, 0) is 0 Å². The van der Waals surface area contributed by atoms with Gasteiger partial charge in [-0.3, -0.25) is 0 Å². The molecule has 5 nitrogen and oxygen atoms in total. The molecule has 1 aliphatic heterocycles. The Bertz CT molecular complexity index is 346. The molecule has 8 heteroatoms. The van der Waals surface area contributed by atoms with Gasteiger partial charge in [0, 0.05) is 6.04 Å². The van der Waals surface area contributed by atoms with Gasteiger partial charge in [-0.05, 0) is 25.9 Å². The molecule has 102 valence electrons. The number of nitrogens with one attached hydrogen (secondary N) is 2. The van der Waals surface area contributed by atoms with Crippen LogP contribution in [0.2, 0.25) is 0 Å². The Hall–Kier alpha value is -1.21. The minimum atomic E-state index is -2.85. The van der Waals surface area contributed by atoms with Crippen LogP contribution in [0, 0.1) is 0 Å². The number of rotatable bonds is 4. The van der Waals surface area contributed by atoms with Crippen molar-refractivity contribution in [2.24, 2.45) is 0 Å². The summed E-state index contributed by atoms with van der Waals surface area (Å²) in [5, 5.41) is 6.40. The topological polar surface area (TPSA) is 59.1 Å². The monoisotopic (exact) mass is 280 g/mol. The highest BCUT2D eigenvalue weighted by molar-refractivity contribution is 5.85. The molecule has 2 heterocycles. The summed E-state index contributed by atoms with van der Waals surface area (Å²) in [7, 11) is 0. The van der Waals surface area contributed by atoms with Crippen LogP contribution in [0.15, 0.2) is 12.4 Å². The van der Waals surface area contributed by atoms with Gasteiger partial charge in [0.05, 0.1) is 12.4 Å². The molecular formula is C10H15ClF2N4O. The van der Waals surface area contributed by atoms with Crippen LogP contribution in [0.3, 0.4) is 0 Å². The van der Waals surface area contributed by atoms with E-state index in [0.717, 1.165) is 25.9 Å². The molecule has 1 aromatic heterocycles. The van der Waals surface area contributed by atoms with Crippen molar-refractivity contribution in [3.05, 3.63) is 12.4 Å². The van der Waals surface area contributed by atoms with Gasteiger partial charge in [0.2, 0.25) is 5.95 Å². The molecule has 1 aromatic rings. The summed E-state index contributed by atoms with van der Waals surface area (Å²) >= 11 is 0. The van der Waals surface area contributed by atoms with Crippen molar-refractivity contribution < 1.29 is 13.5 Å². The van der Waals surface area contributed by atoms with E-state index in [9.17, 15) is 8.78 Å². The summed E-state index contributed by atoms with van der Waals surface area (Å²) < 4.78 is 27.9. The zero-order valence-electron chi connectivity index (χ0n) is 9.60. The van der Waals surface area contributed by atoms with Gasteiger partial charge in [-0.2, -0.15) is 8.78 Å². The van der Waals surface area contributed by atoms with Crippen LogP contribution < -0.4 is 15.4 Å². The van der Waals surface area contributed by atoms with Crippen molar-refractivity contribution in [1.29, 1.82) is 0 Å². The van der Waals surface area contributed by atoms with E-state index in [1.807, 2.05) is 0 Å². The molecule has 0 aromatic carbocycles. The fourth-order valence-corrected chi connectivity index (χ4v) is 1.70. The second kappa shape index (κ2) is 7.27. The van der Waals surface area contributed by atoms with Crippen LogP contribution in [0.25, 0.3) is 0 Å². The number of nitrogens with zero attached hydrogens (tertiary/aromatic N) is 2. The molecule has 1 fully saturated rings. The molecule has 1 aliphatic rings. The summed E-state index contributed by atoms with van der Waals surface area (Å²) in [4.78, 5) is 7.85. The zero-order chi connectivity index (χ0) is 12.1. The third-order valence-electron chi connectivity index (χ3n) is 2.53. The third kappa shape index (κ3) is 4.58. The quantitative estimate of drug-likeness (QED) is 0.878. The van der Waals surface area contributed by atoms with Crippen molar-refractivity contribution in [3.63, 3.8) is 0 Å². The molecule has 0 saturated carbocycles. The van der Waals surface area contributed by atoms with Crippen LogP contribution in [-0.4, -0.2) is 35.7 Å². The van der Waals surface area contributed by atoms with Gasteiger partial charge in [-0.15, -0.1) is 12.4 Å². The zero-order valence-corrected chi connectivity index (χ0v) is 10.4. The van der Waals surface area contributed by atoms with E-state index in [4.69, 9.17) is 0 Å². The van der Waals surface area contributed by atoms with E-state index in [1.165, 1.54) is 12.4 Å². The molecule has 0 atom stereocenters.